The van der Waals surface area contributed by atoms with Crippen molar-refractivity contribution in [2.24, 2.45) is 0 Å². The Morgan fingerprint density at radius 3 is 3.00 bits per heavy atom. The van der Waals surface area contributed by atoms with Crippen molar-refractivity contribution in [3.05, 3.63) is 23.5 Å². The van der Waals surface area contributed by atoms with Crippen molar-refractivity contribution in [1.29, 1.82) is 0 Å². The number of hydrogen-bond acceptors (Lipinski definition) is 5. The molecule has 1 fully saturated rings. The number of carbonyl (C=O) groups excluding carboxylic acids is 2. The summed E-state index contributed by atoms with van der Waals surface area (Å²) in [6.45, 7) is 2.03. The number of aliphatic hydroxyl groups excluding tert-OH is 1. The first kappa shape index (κ1) is 13.8. The van der Waals surface area contributed by atoms with Gasteiger partial charge in [0.05, 0.1) is 6.61 Å². The fraction of sp³-hybridized carbons (Fsp3) is 0.538. The number of nitrogens with zero attached hydrogens (tertiary/aromatic N) is 1. The van der Waals surface area contributed by atoms with Gasteiger partial charge < -0.3 is 20.4 Å². The molecule has 1 saturated heterocycles. The van der Waals surface area contributed by atoms with Crippen LogP contribution in [0.25, 0.3) is 0 Å². The summed E-state index contributed by atoms with van der Waals surface area (Å²) in [5, 5.41) is 21.9. The van der Waals surface area contributed by atoms with Crippen molar-refractivity contribution >= 4 is 11.7 Å². The Bertz CT molecular complexity index is 469. The van der Waals surface area contributed by atoms with Crippen LogP contribution in [0.4, 0.5) is 0 Å². The molecule has 2 rings (SSSR count). The SMILES string of the molecule is CC/C=C(\CO)C(=O)NC1=CC(=O)[C@]2(O)CCCN12. The van der Waals surface area contributed by atoms with Gasteiger partial charge in [0.2, 0.25) is 11.5 Å². The zero-order valence-electron chi connectivity index (χ0n) is 10.8. The number of rotatable bonds is 4. The van der Waals surface area contributed by atoms with Crippen LogP contribution in [0.15, 0.2) is 23.5 Å². The first-order chi connectivity index (χ1) is 9.02. The third kappa shape index (κ3) is 2.29. The predicted octanol–water partition coefficient (Wildman–Crippen LogP) is -0.360. The zero-order valence-corrected chi connectivity index (χ0v) is 10.8. The summed E-state index contributed by atoms with van der Waals surface area (Å²) in [6, 6.07) is 0. The van der Waals surface area contributed by atoms with Crippen LogP contribution < -0.4 is 5.32 Å². The Labute approximate surface area is 111 Å². The summed E-state index contributed by atoms with van der Waals surface area (Å²) in [5.41, 5.74) is -1.23. The Morgan fingerprint density at radius 2 is 2.37 bits per heavy atom. The molecule has 0 bridgehead atoms. The van der Waals surface area contributed by atoms with Gasteiger partial charge in [-0.3, -0.25) is 9.59 Å². The van der Waals surface area contributed by atoms with E-state index in [1.54, 1.807) is 6.08 Å². The van der Waals surface area contributed by atoms with Crippen LogP contribution in [0.3, 0.4) is 0 Å². The van der Waals surface area contributed by atoms with Crippen LogP contribution in [0.2, 0.25) is 0 Å². The Kier molecular flexibility index (Phi) is 3.73. The number of nitrogens with one attached hydrogen (secondary N) is 1. The standard InChI is InChI=1S/C13H18N2O4/c1-2-4-9(8-16)12(18)14-11-7-10(17)13(19)5-3-6-15(11)13/h4,7,16,19H,2-3,5-6,8H2,1H3,(H,14,18)/b9-4+/t13-/m1/s1. The monoisotopic (exact) mass is 266 g/mol. The van der Waals surface area contributed by atoms with Gasteiger partial charge in [0.1, 0.15) is 5.82 Å². The molecule has 2 heterocycles. The smallest absolute Gasteiger partial charge is 0.254 e. The molecular weight excluding hydrogens is 248 g/mol. The molecule has 0 aromatic heterocycles. The molecule has 0 radical (unpaired) electrons. The number of fused-ring (bicyclic) bond motifs is 1. The van der Waals surface area contributed by atoms with Crippen molar-refractivity contribution in [1.82, 2.24) is 10.2 Å². The molecule has 0 aromatic carbocycles. The second kappa shape index (κ2) is 5.14. The van der Waals surface area contributed by atoms with Crippen LogP contribution in [0.1, 0.15) is 26.2 Å². The van der Waals surface area contributed by atoms with Crippen molar-refractivity contribution < 1.29 is 19.8 Å². The summed E-state index contributed by atoms with van der Waals surface area (Å²) in [5.74, 6) is -0.532. The molecular formula is C13H18N2O4. The molecule has 0 aliphatic carbocycles. The number of allylic oxidation sites excluding steroid dienone is 1. The normalized spacial score (nSPS) is 26.5. The topological polar surface area (TPSA) is 89.9 Å². The molecule has 19 heavy (non-hydrogen) atoms. The highest BCUT2D eigenvalue weighted by molar-refractivity contribution is 6.02. The predicted molar refractivity (Wildman–Crippen MR) is 67.6 cm³/mol. The molecule has 6 heteroatoms. The lowest BCUT2D eigenvalue weighted by molar-refractivity contribution is -0.142. The summed E-state index contributed by atoms with van der Waals surface area (Å²) >= 11 is 0. The Balaban J connectivity index is 2.12. The number of hydrogen-bond donors (Lipinski definition) is 3. The van der Waals surface area contributed by atoms with Crippen molar-refractivity contribution in [3.8, 4) is 0 Å². The largest absolute Gasteiger partial charge is 0.391 e. The highest BCUT2D eigenvalue weighted by atomic mass is 16.3. The molecule has 0 spiro atoms. The second-order valence-electron chi connectivity index (χ2n) is 4.72. The average molecular weight is 266 g/mol. The maximum atomic E-state index is 11.9. The Morgan fingerprint density at radius 1 is 1.63 bits per heavy atom. The van der Waals surface area contributed by atoms with Crippen LogP contribution >= 0.6 is 0 Å². The minimum absolute atomic E-state index is 0.255. The molecule has 2 aliphatic heterocycles. The molecule has 0 aromatic rings. The minimum Gasteiger partial charge on any atom is -0.391 e. The van der Waals surface area contributed by atoms with E-state index in [-0.39, 0.29) is 12.2 Å². The first-order valence-corrected chi connectivity index (χ1v) is 6.40. The second-order valence-corrected chi connectivity index (χ2v) is 4.72. The van der Waals surface area contributed by atoms with Crippen LogP contribution in [0, 0.1) is 0 Å². The molecule has 2 aliphatic rings. The van der Waals surface area contributed by atoms with Gasteiger partial charge in [0, 0.05) is 24.6 Å². The third-order valence-electron chi connectivity index (χ3n) is 3.46. The lowest BCUT2D eigenvalue weighted by atomic mass is 10.1. The van der Waals surface area contributed by atoms with Gasteiger partial charge in [-0.15, -0.1) is 0 Å². The van der Waals surface area contributed by atoms with Gasteiger partial charge >= 0.3 is 0 Å². The van der Waals surface area contributed by atoms with Gasteiger partial charge in [-0.2, -0.15) is 0 Å². The van der Waals surface area contributed by atoms with Gasteiger partial charge in [0.25, 0.3) is 5.91 Å². The van der Waals surface area contributed by atoms with Crippen molar-refractivity contribution in [3.63, 3.8) is 0 Å². The van der Waals surface area contributed by atoms with Gasteiger partial charge in [-0.25, -0.2) is 0 Å². The van der Waals surface area contributed by atoms with E-state index in [0.29, 0.717) is 31.6 Å². The van der Waals surface area contributed by atoms with E-state index in [9.17, 15) is 14.7 Å². The molecule has 0 saturated carbocycles. The lowest BCUT2D eigenvalue weighted by Crippen LogP contribution is -2.47. The summed E-state index contributed by atoms with van der Waals surface area (Å²) in [7, 11) is 0. The van der Waals surface area contributed by atoms with E-state index >= 15 is 0 Å². The third-order valence-corrected chi connectivity index (χ3v) is 3.46. The van der Waals surface area contributed by atoms with Crippen LogP contribution in [-0.2, 0) is 9.59 Å². The highest BCUT2D eigenvalue weighted by Gasteiger charge is 2.50. The van der Waals surface area contributed by atoms with Crippen LogP contribution in [0.5, 0.6) is 0 Å². The number of amides is 1. The Hall–Kier alpha value is -1.66. The molecule has 6 nitrogen and oxygen atoms in total. The fourth-order valence-electron chi connectivity index (χ4n) is 2.47. The van der Waals surface area contributed by atoms with Gasteiger partial charge in [-0.05, 0) is 12.8 Å². The summed E-state index contributed by atoms with van der Waals surface area (Å²) in [6.07, 6.45) is 4.59. The molecule has 1 atom stereocenters. The molecule has 3 N–H and O–H groups in total. The van der Waals surface area contributed by atoms with Crippen LogP contribution in [-0.4, -0.2) is 45.7 Å². The van der Waals surface area contributed by atoms with Crippen molar-refractivity contribution in [2.45, 2.75) is 31.9 Å². The average Bonchev–Trinajstić information content (AvgIpc) is 2.86. The lowest BCUT2D eigenvalue weighted by Gasteiger charge is -2.28. The van der Waals surface area contributed by atoms with E-state index < -0.39 is 17.4 Å². The summed E-state index contributed by atoms with van der Waals surface area (Å²) in [4.78, 5) is 25.2. The van der Waals surface area contributed by atoms with E-state index in [2.05, 4.69) is 5.32 Å². The number of ketones is 1. The number of aliphatic hydroxyl groups is 2. The highest BCUT2D eigenvalue weighted by Crippen LogP contribution is 2.35. The molecule has 1 amide bonds. The number of carbonyl (C=O) groups is 2. The van der Waals surface area contributed by atoms with E-state index in [4.69, 9.17) is 5.11 Å². The van der Waals surface area contributed by atoms with Crippen molar-refractivity contribution in [2.75, 3.05) is 13.2 Å². The quantitative estimate of drug-likeness (QED) is 0.605. The van der Waals surface area contributed by atoms with Gasteiger partial charge in [-0.1, -0.05) is 13.0 Å². The molecule has 0 unspecified atom stereocenters. The maximum Gasteiger partial charge on any atom is 0.254 e. The first-order valence-electron chi connectivity index (χ1n) is 6.40. The fourth-order valence-corrected chi connectivity index (χ4v) is 2.47. The zero-order chi connectivity index (χ0) is 14.0. The molecule has 104 valence electrons. The van der Waals surface area contributed by atoms with E-state index in [1.165, 1.54) is 11.0 Å². The minimum atomic E-state index is -1.49. The summed E-state index contributed by atoms with van der Waals surface area (Å²) < 4.78 is 0. The van der Waals surface area contributed by atoms with Gasteiger partial charge in [0.15, 0.2) is 0 Å². The maximum absolute atomic E-state index is 11.9. The van der Waals surface area contributed by atoms with E-state index in [0.717, 1.165) is 0 Å². The van der Waals surface area contributed by atoms with E-state index in [1.807, 2.05) is 6.92 Å².